The molecule has 1 fully saturated rings. The first kappa shape index (κ1) is 81.6. The monoisotopic (exact) mass is 1230 g/mol. The van der Waals surface area contributed by atoms with E-state index in [9.17, 15) is 19.2 Å². The second kappa shape index (κ2) is 62.8. The predicted octanol–water partition coefficient (Wildman–Crippen LogP) is 16.3. The molecule has 0 saturated carbocycles. The van der Waals surface area contributed by atoms with Crippen LogP contribution in [0.1, 0.15) is 298 Å². The molecule has 1 saturated heterocycles. The van der Waals surface area contributed by atoms with Crippen molar-refractivity contribution < 1.29 is 61.8 Å². The van der Waals surface area contributed by atoms with Crippen LogP contribution in [0.2, 0.25) is 0 Å². The fourth-order valence-electron chi connectivity index (χ4n) is 11.0. The van der Waals surface area contributed by atoms with Crippen LogP contribution in [-0.4, -0.2) is 164 Å². The Kier molecular flexibility index (Phi) is 59.6. The minimum absolute atomic E-state index is 0.00904. The predicted molar refractivity (Wildman–Crippen MR) is 350 cm³/mol. The van der Waals surface area contributed by atoms with Gasteiger partial charge in [-0.15, -0.1) is 0 Å². The van der Waals surface area contributed by atoms with E-state index in [1.165, 1.54) is 128 Å². The van der Waals surface area contributed by atoms with Crippen molar-refractivity contribution in [1.29, 1.82) is 0 Å². The highest BCUT2D eigenvalue weighted by Gasteiger charge is 2.27. The summed E-state index contributed by atoms with van der Waals surface area (Å²) in [7, 11) is 2.07. The highest BCUT2D eigenvalue weighted by Crippen LogP contribution is 2.21. The number of rotatable bonds is 66. The molecular formula is C71H136N2O13. The van der Waals surface area contributed by atoms with Crippen molar-refractivity contribution in [3.8, 4) is 0 Å². The zero-order chi connectivity index (χ0) is 62.4. The number of hydrogen-bond donors (Lipinski definition) is 0. The summed E-state index contributed by atoms with van der Waals surface area (Å²) in [5, 5.41) is 0. The summed E-state index contributed by atoms with van der Waals surface area (Å²) < 4.78 is 53.2. The summed E-state index contributed by atoms with van der Waals surface area (Å²) >= 11 is 0. The largest absolute Gasteiger partial charge is 0.463 e. The lowest BCUT2D eigenvalue weighted by atomic mass is 9.97. The molecular weight excluding hydrogens is 1090 g/mol. The molecule has 0 aromatic rings. The molecule has 1 amide bonds. The fraction of sp³-hybridized carbons (Fsp3) is 0.944. The van der Waals surface area contributed by atoms with Gasteiger partial charge in [-0.2, -0.15) is 0 Å². The number of esters is 3. The maximum absolute atomic E-state index is 14.5. The van der Waals surface area contributed by atoms with Crippen LogP contribution in [-0.2, 0) is 61.8 Å². The highest BCUT2D eigenvalue weighted by molar-refractivity contribution is 5.81. The molecule has 0 spiro atoms. The van der Waals surface area contributed by atoms with E-state index in [0.29, 0.717) is 92.0 Å². The van der Waals surface area contributed by atoms with Crippen LogP contribution in [0.15, 0.2) is 0 Å². The van der Waals surface area contributed by atoms with Gasteiger partial charge >= 0.3 is 17.9 Å². The normalized spacial score (nSPS) is 14.1. The Hall–Kier alpha value is -2.40. The summed E-state index contributed by atoms with van der Waals surface area (Å²) in [5.41, 5.74) is 0. The van der Waals surface area contributed by atoms with Crippen molar-refractivity contribution in [3.05, 3.63) is 0 Å². The van der Waals surface area contributed by atoms with Crippen LogP contribution in [0.25, 0.3) is 0 Å². The van der Waals surface area contributed by atoms with Gasteiger partial charge in [0.2, 0.25) is 0 Å². The number of nitrogens with zero attached hydrogens (tertiary/aromatic N) is 2. The summed E-state index contributed by atoms with van der Waals surface area (Å²) in [6.45, 7) is 18.5. The maximum Gasteiger partial charge on any atom is 0.309 e. The molecule has 15 heteroatoms. The van der Waals surface area contributed by atoms with Crippen molar-refractivity contribution in [2.24, 2.45) is 5.92 Å². The Morgan fingerprint density at radius 1 is 0.395 bits per heavy atom. The lowest BCUT2D eigenvalue weighted by molar-refractivity contribution is -0.152. The van der Waals surface area contributed by atoms with Crippen LogP contribution < -0.4 is 0 Å². The number of amides is 1. The second-order valence-corrected chi connectivity index (χ2v) is 24.7. The molecule has 1 heterocycles. The second-order valence-electron chi connectivity index (χ2n) is 24.7. The summed E-state index contributed by atoms with van der Waals surface area (Å²) in [4.78, 5) is 57.1. The molecule has 0 aromatic heterocycles. The Morgan fingerprint density at radius 2 is 0.767 bits per heavy atom. The lowest BCUT2D eigenvalue weighted by Crippen LogP contribution is -2.45. The Morgan fingerprint density at radius 3 is 1.22 bits per heavy atom. The van der Waals surface area contributed by atoms with Gasteiger partial charge in [-0.25, -0.2) is 0 Å². The molecule has 3 unspecified atom stereocenters. The molecule has 1 rings (SSSR count). The van der Waals surface area contributed by atoms with Gasteiger partial charge in [-0.05, 0) is 116 Å². The third kappa shape index (κ3) is 51.4. The number of hydrogen-bond acceptors (Lipinski definition) is 14. The number of likely N-dealkylation sites (tertiary alicyclic amines) is 1. The molecule has 86 heavy (non-hydrogen) atoms. The molecule has 0 bridgehead atoms. The summed E-state index contributed by atoms with van der Waals surface area (Å²) in [6, 6.07) is 0. The first-order chi connectivity index (χ1) is 42.2. The summed E-state index contributed by atoms with van der Waals surface area (Å²) in [5.74, 6) is -0.403. The molecule has 0 radical (unpaired) electrons. The van der Waals surface area contributed by atoms with Crippen LogP contribution in [0.5, 0.6) is 0 Å². The van der Waals surface area contributed by atoms with Crippen molar-refractivity contribution in [2.75, 3.05) is 113 Å². The highest BCUT2D eigenvalue weighted by atomic mass is 16.6. The standard InChI is InChI=1S/C71H136N2O13/c1-7-12-17-22-25-27-34-43-66(41-32-21-16-11-5)85-68(74)44-35-29-38-52-82-63-67(83-53-39-30-36-45-69(75)86-65(40-31-20-15-10-4)42-33-26-23-18-13-8-2)70(76)73(48-37-28-24-19-14-9-3)51-54-78-55-56-79-57-58-80-59-60-81-61-62-84-71(77)64-46-49-72(6)50-47-64/h64-67H,7-63H2,1-6H3. The third-order valence-electron chi connectivity index (χ3n) is 16.7. The smallest absolute Gasteiger partial charge is 0.309 e. The van der Waals surface area contributed by atoms with E-state index < -0.39 is 6.10 Å². The van der Waals surface area contributed by atoms with Crippen LogP contribution in [0.4, 0.5) is 0 Å². The number of carbonyl (C=O) groups is 4. The topological polar surface area (TPSA) is 158 Å². The minimum atomic E-state index is -0.767. The van der Waals surface area contributed by atoms with Crippen molar-refractivity contribution >= 4 is 23.8 Å². The van der Waals surface area contributed by atoms with Crippen molar-refractivity contribution in [1.82, 2.24) is 9.80 Å². The number of piperidine rings is 1. The molecule has 0 N–H and O–H groups in total. The fourth-order valence-corrected chi connectivity index (χ4v) is 11.0. The molecule has 1 aliphatic rings. The molecule has 15 nitrogen and oxygen atoms in total. The van der Waals surface area contributed by atoms with Crippen LogP contribution in [0.3, 0.4) is 0 Å². The molecule has 0 aromatic carbocycles. The van der Waals surface area contributed by atoms with Gasteiger partial charge in [0.05, 0.1) is 65.4 Å². The van der Waals surface area contributed by atoms with E-state index in [2.05, 4.69) is 46.6 Å². The quantitative estimate of drug-likeness (QED) is 0.0322. The first-order valence-corrected chi connectivity index (χ1v) is 36.2. The Labute approximate surface area is 527 Å². The first-order valence-electron chi connectivity index (χ1n) is 36.2. The Bertz CT molecular complexity index is 1500. The van der Waals surface area contributed by atoms with Crippen molar-refractivity contribution in [3.63, 3.8) is 0 Å². The van der Waals surface area contributed by atoms with E-state index in [0.717, 1.165) is 135 Å². The molecule has 508 valence electrons. The number of unbranched alkanes of at least 4 members (excludes halogenated alkanes) is 26. The van der Waals surface area contributed by atoms with E-state index in [1.54, 1.807) is 0 Å². The van der Waals surface area contributed by atoms with E-state index in [1.807, 2.05) is 4.90 Å². The SMILES string of the molecule is CCCCCCCCCC(CCCCCC)OC(=O)CCCCCOCC(OCCCCCC(=O)OC(CCCCCC)CCCCCCCC)C(=O)N(CCCCCCCC)CCOCCOCCOCCOCCOC(=O)C1CCN(C)CC1. The summed E-state index contributed by atoms with van der Waals surface area (Å²) in [6.07, 6.45) is 42.5. The van der Waals surface area contributed by atoms with Gasteiger partial charge in [0, 0.05) is 39.1 Å². The van der Waals surface area contributed by atoms with Crippen LogP contribution in [0, 0.1) is 5.92 Å². The van der Waals surface area contributed by atoms with Gasteiger partial charge in [-0.1, -0.05) is 189 Å². The van der Waals surface area contributed by atoms with Gasteiger partial charge in [0.1, 0.15) is 18.8 Å². The molecule has 3 atom stereocenters. The lowest BCUT2D eigenvalue weighted by Gasteiger charge is -2.28. The van der Waals surface area contributed by atoms with Crippen molar-refractivity contribution in [2.45, 2.75) is 316 Å². The third-order valence-corrected chi connectivity index (χ3v) is 16.7. The Balaban J connectivity index is 2.76. The maximum atomic E-state index is 14.5. The minimum Gasteiger partial charge on any atom is -0.463 e. The number of carbonyl (C=O) groups excluding carboxylic acids is 4. The van der Waals surface area contributed by atoms with E-state index in [4.69, 9.17) is 42.6 Å². The van der Waals surface area contributed by atoms with Gasteiger partial charge in [0.15, 0.2) is 6.10 Å². The van der Waals surface area contributed by atoms with E-state index in [-0.39, 0.29) is 55.2 Å². The van der Waals surface area contributed by atoms with Gasteiger partial charge in [0.25, 0.3) is 5.91 Å². The molecule has 0 aliphatic carbocycles. The number of ether oxygens (including phenoxy) is 9. The van der Waals surface area contributed by atoms with Gasteiger partial charge in [-0.3, -0.25) is 19.2 Å². The van der Waals surface area contributed by atoms with Gasteiger partial charge < -0.3 is 52.4 Å². The molecule has 1 aliphatic heterocycles. The zero-order valence-corrected chi connectivity index (χ0v) is 56.8. The average Bonchev–Trinajstić information content (AvgIpc) is 3.52. The van der Waals surface area contributed by atoms with E-state index >= 15 is 0 Å². The zero-order valence-electron chi connectivity index (χ0n) is 56.8. The van der Waals surface area contributed by atoms with Crippen LogP contribution >= 0.6 is 0 Å². The average molecular weight is 1230 g/mol.